The summed E-state index contributed by atoms with van der Waals surface area (Å²) in [7, 11) is 1.36. The average molecular weight is 467 g/mol. The van der Waals surface area contributed by atoms with E-state index in [-0.39, 0.29) is 23.4 Å². The number of nitrogens with one attached hydrogen (secondary N) is 2. The number of rotatable bonds is 6. The molecule has 136 valence electrons. The highest BCUT2D eigenvalue weighted by atomic mass is 127. The molecule has 0 aromatic heterocycles. The normalized spacial score (nSPS) is 13.2. The highest BCUT2D eigenvalue weighted by Gasteiger charge is 2.29. The third-order valence-electron chi connectivity index (χ3n) is 4.14. The smallest absolute Gasteiger partial charge is 0.313 e. The van der Waals surface area contributed by atoms with Gasteiger partial charge in [0, 0.05) is 21.4 Å². The molecule has 3 rings (SSSR count). The van der Waals surface area contributed by atoms with Crippen LogP contribution in [0.3, 0.4) is 0 Å². The molecule has 0 unspecified atom stereocenters. The van der Waals surface area contributed by atoms with Gasteiger partial charge < -0.3 is 15.4 Å². The summed E-state index contributed by atoms with van der Waals surface area (Å²) in [6.07, 6.45) is 1.91. The summed E-state index contributed by atoms with van der Waals surface area (Å²) in [5.74, 6) is -0.234. The lowest BCUT2D eigenvalue weighted by atomic mass is 10.1. The van der Waals surface area contributed by atoms with Crippen molar-refractivity contribution in [3.05, 3.63) is 55.1 Å². The zero-order valence-electron chi connectivity index (χ0n) is 14.3. The van der Waals surface area contributed by atoms with E-state index in [4.69, 9.17) is 4.74 Å². The number of nitro benzene ring substituents is 1. The van der Waals surface area contributed by atoms with E-state index in [9.17, 15) is 14.9 Å². The molecule has 1 amide bonds. The number of methoxy groups -OCH3 is 1. The molecular weight excluding hydrogens is 449 g/mol. The van der Waals surface area contributed by atoms with Crippen molar-refractivity contribution in [2.75, 3.05) is 12.4 Å². The molecule has 0 radical (unpaired) electrons. The molecule has 0 aliphatic heterocycles. The first-order valence-electron chi connectivity index (χ1n) is 8.10. The summed E-state index contributed by atoms with van der Waals surface area (Å²) < 4.78 is 6.37. The molecule has 2 aromatic carbocycles. The Kier molecular flexibility index (Phi) is 5.30. The van der Waals surface area contributed by atoms with E-state index in [0.29, 0.717) is 11.3 Å². The van der Waals surface area contributed by atoms with Crippen molar-refractivity contribution in [3.8, 4) is 5.75 Å². The fraction of sp³-hybridized carbons (Fsp3) is 0.278. The lowest BCUT2D eigenvalue weighted by Gasteiger charge is -2.17. The Morgan fingerprint density at radius 2 is 2.04 bits per heavy atom. The highest BCUT2D eigenvalue weighted by Crippen LogP contribution is 2.40. The SMILES string of the molecule is COc1c([N+](=O)[O-])ccc(C(=O)NC2CC2)c1Nc1ccc(I)cc1C. The second-order valence-corrected chi connectivity index (χ2v) is 7.38. The Hall–Kier alpha value is -2.36. The number of amides is 1. The van der Waals surface area contributed by atoms with Crippen LogP contribution >= 0.6 is 22.6 Å². The van der Waals surface area contributed by atoms with Crippen LogP contribution in [0.5, 0.6) is 5.75 Å². The summed E-state index contributed by atoms with van der Waals surface area (Å²) in [6.45, 7) is 1.93. The van der Waals surface area contributed by atoms with Crippen LogP contribution in [0.1, 0.15) is 28.8 Å². The molecule has 1 aliphatic rings. The fourth-order valence-corrected chi connectivity index (χ4v) is 3.28. The Balaban J connectivity index is 2.09. The highest BCUT2D eigenvalue weighted by molar-refractivity contribution is 14.1. The van der Waals surface area contributed by atoms with Crippen LogP contribution in [-0.2, 0) is 0 Å². The number of anilines is 2. The number of carbonyl (C=O) groups excluding carboxylic acids is 1. The van der Waals surface area contributed by atoms with Gasteiger partial charge in [-0.25, -0.2) is 0 Å². The van der Waals surface area contributed by atoms with Gasteiger partial charge in [0.1, 0.15) is 5.69 Å². The first-order valence-corrected chi connectivity index (χ1v) is 9.18. The molecule has 2 aromatic rings. The quantitative estimate of drug-likeness (QED) is 0.378. The van der Waals surface area contributed by atoms with E-state index in [1.54, 1.807) is 0 Å². The van der Waals surface area contributed by atoms with E-state index in [1.807, 2.05) is 25.1 Å². The molecular formula is C18H18IN3O4. The molecule has 1 saturated carbocycles. The minimum Gasteiger partial charge on any atom is -0.489 e. The number of hydrogen-bond donors (Lipinski definition) is 2. The van der Waals surface area contributed by atoms with Crippen LogP contribution in [0, 0.1) is 20.6 Å². The van der Waals surface area contributed by atoms with Crippen LogP contribution in [0.25, 0.3) is 0 Å². The summed E-state index contributed by atoms with van der Waals surface area (Å²) in [5, 5.41) is 17.4. The van der Waals surface area contributed by atoms with Gasteiger partial charge in [-0.15, -0.1) is 0 Å². The summed E-state index contributed by atoms with van der Waals surface area (Å²) in [6, 6.07) is 8.71. The van der Waals surface area contributed by atoms with Gasteiger partial charge >= 0.3 is 5.69 Å². The first-order chi connectivity index (χ1) is 12.4. The molecule has 0 spiro atoms. The van der Waals surface area contributed by atoms with E-state index in [2.05, 4.69) is 33.2 Å². The maximum absolute atomic E-state index is 12.6. The van der Waals surface area contributed by atoms with Crippen LogP contribution in [0.4, 0.5) is 17.1 Å². The fourth-order valence-electron chi connectivity index (χ4n) is 2.63. The van der Waals surface area contributed by atoms with Gasteiger partial charge in [-0.2, -0.15) is 0 Å². The lowest BCUT2D eigenvalue weighted by molar-refractivity contribution is -0.385. The monoisotopic (exact) mass is 467 g/mol. The van der Waals surface area contributed by atoms with E-state index >= 15 is 0 Å². The van der Waals surface area contributed by atoms with Crippen LogP contribution in [0.2, 0.25) is 0 Å². The number of aryl methyl sites for hydroxylation is 1. The molecule has 0 saturated heterocycles. The predicted molar refractivity (Wildman–Crippen MR) is 107 cm³/mol. The van der Waals surface area contributed by atoms with Gasteiger partial charge in [-0.05, 0) is 72.2 Å². The Morgan fingerprint density at radius 1 is 1.31 bits per heavy atom. The number of ether oxygens (including phenoxy) is 1. The van der Waals surface area contributed by atoms with Crippen molar-refractivity contribution in [1.82, 2.24) is 5.32 Å². The average Bonchev–Trinajstić information content (AvgIpc) is 3.40. The Labute approximate surface area is 164 Å². The molecule has 0 heterocycles. The molecule has 2 N–H and O–H groups in total. The number of halogens is 1. The first kappa shape index (κ1) is 18.4. The van der Waals surface area contributed by atoms with Crippen molar-refractivity contribution in [1.29, 1.82) is 0 Å². The van der Waals surface area contributed by atoms with Crippen LogP contribution in [0.15, 0.2) is 30.3 Å². The standard InChI is InChI=1S/C18H18IN3O4/c1-10-9-11(19)3-7-14(10)21-16-13(18(23)20-12-4-5-12)6-8-15(22(24)25)17(16)26-2/h3,6-9,12,21H,4-5H2,1-2H3,(H,20,23). The van der Waals surface area contributed by atoms with E-state index in [0.717, 1.165) is 27.7 Å². The largest absolute Gasteiger partial charge is 0.489 e. The number of nitrogens with zero attached hydrogens (tertiary/aromatic N) is 1. The van der Waals surface area contributed by atoms with Crippen molar-refractivity contribution < 1.29 is 14.5 Å². The van der Waals surface area contributed by atoms with Gasteiger partial charge in [0.2, 0.25) is 5.75 Å². The molecule has 7 nitrogen and oxygen atoms in total. The number of benzene rings is 2. The third kappa shape index (κ3) is 3.90. The zero-order chi connectivity index (χ0) is 18.8. The summed E-state index contributed by atoms with van der Waals surface area (Å²) in [5.41, 5.74) is 2.13. The van der Waals surface area contributed by atoms with Gasteiger partial charge in [0.05, 0.1) is 17.6 Å². The second kappa shape index (κ2) is 7.48. The number of hydrogen-bond acceptors (Lipinski definition) is 5. The third-order valence-corrected chi connectivity index (χ3v) is 4.81. The Morgan fingerprint density at radius 3 is 2.62 bits per heavy atom. The van der Waals surface area contributed by atoms with Gasteiger partial charge in [-0.1, -0.05) is 0 Å². The molecule has 0 atom stereocenters. The predicted octanol–water partition coefficient (Wildman–Crippen LogP) is 4.15. The van der Waals surface area contributed by atoms with Crippen molar-refractivity contribution in [2.45, 2.75) is 25.8 Å². The van der Waals surface area contributed by atoms with Crippen molar-refractivity contribution in [3.63, 3.8) is 0 Å². The van der Waals surface area contributed by atoms with Crippen LogP contribution in [-0.4, -0.2) is 24.0 Å². The molecule has 8 heteroatoms. The molecule has 0 bridgehead atoms. The van der Waals surface area contributed by atoms with Crippen molar-refractivity contribution >= 4 is 45.6 Å². The maximum atomic E-state index is 12.6. The van der Waals surface area contributed by atoms with Crippen LogP contribution < -0.4 is 15.4 Å². The van der Waals surface area contributed by atoms with Gasteiger partial charge in [-0.3, -0.25) is 14.9 Å². The van der Waals surface area contributed by atoms with E-state index in [1.165, 1.54) is 19.2 Å². The minimum atomic E-state index is -0.520. The molecule has 26 heavy (non-hydrogen) atoms. The van der Waals surface area contributed by atoms with Crippen molar-refractivity contribution in [2.24, 2.45) is 0 Å². The molecule has 1 fully saturated rings. The zero-order valence-corrected chi connectivity index (χ0v) is 16.5. The number of carbonyl (C=O) groups is 1. The second-order valence-electron chi connectivity index (χ2n) is 6.13. The van der Waals surface area contributed by atoms with E-state index < -0.39 is 4.92 Å². The Bertz CT molecular complexity index is 881. The lowest BCUT2D eigenvalue weighted by Crippen LogP contribution is -2.26. The summed E-state index contributed by atoms with van der Waals surface area (Å²) >= 11 is 2.21. The summed E-state index contributed by atoms with van der Waals surface area (Å²) in [4.78, 5) is 23.5. The molecule has 1 aliphatic carbocycles. The van der Waals surface area contributed by atoms with Gasteiger partial charge in [0.15, 0.2) is 0 Å². The maximum Gasteiger partial charge on any atom is 0.313 e. The topological polar surface area (TPSA) is 93.5 Å². The number of nitro groups is 1. The minimum absolute atomic E-state index is 0.0383. The van der Waals surface area contributed by atoms with Gasteiger partial charge in [0.25, 0.3) is 5.91 Å².